The van der Waals surface area contributed by atoms with Crippen LogP contribution in [-0.4, -0.2) is 38.0 Å². The second-order valence-electron chi connectivity index (χ2n) is 3.05. The Morgan fingerprint density at radius 2 is 2.38 bits per heavy atom. The number of hydrogen-bond donors (Lipinski definition) is 2. The van der Waals surface area contributed by atoms with Crippen molar-refractivity contribution in [1.82, 2.24) is 5.09 Å². The van der Waals surface area contributed by atoms with Crippen molar-refractivity contribution in [3.63, 3.8) is 0 Å². The van der Waals surface area contributed by atoms with Crippen LogP contribution in [0.3, 0.4) is 0 Å². The lowest BCUT2D eigenvalue weighted by molar-refractivity contribution is 0.0930. The predicted octanol–water partition coefficient (Wildman–Crippen LogP) is -0.00520. The van der Waals surface area contributed by atoms with Gasteiger partial charge in [0, 0.05) is 19.2 Å². The Labute approximate surface area is 78.8 Å². The van der Waals surface area contributed by atoms with Crippen LogP contribution in [0.25, 0.3) is 0 Å². The molecule has 0 aliphatic carbocycles. The highest BCUT2D eigenvalue weighted by molar-refractivity contribution is 7.50. The Kier molecular flexibility index (Phi) is 3.54. The summed E-state index contributed by atoms with van der Waals surface area (Å²) in [6, 6.07) is -0.602. The molecule has 1 aliphatic rings. The van der Waals surface area contributed by atoms with Gasteiger partial charge in [-0.25, -0.2) is 9.65 Å². The fourth-order valence-corrected chi connectivity index (χ4v) is 2.13. The zero-order valence-electron chi connectivity index (χ0n) is 7.64. The van der Waals surface area contributed by atoms with Crippen molar-refractivity contribution in [3.05, 3.63) is 0 Å². The Morgan fingerprint density at radius 1 is 1.77 bits per heavy atom. The molecule has 1 heterocycles. The van der Waals surface area contributed by atoms with Gasteiger partial charge in [0.1, 0.15) is 7.85 Å². The highest BCUT2D eigenvalue weighted by atomic mass is 31.2. The molecular weight excluding hydrogens is 192 g/mol. The maximum atomic E-state index is 11.1. The van der Waals surface area contributed by atoms with Gasteiger partial charge >= 0.3 is 7.75 Å². The predicted molar refractivity (Wildman–Crippen MR) is 48.5 cm³/mol. The number of hydrogen-bond acceptors (Lipinski definition) is 3. The molecule has 7 heteroatoms. The molecule has 0 spiro atoms. The summed E-state index contributed by atoms with van der Waals surface area (Å²) >= 11 is 0. The minimum atomic E-state index is -3.67. The van der Waals surface area contributed by atoms with Gasteiger partial charge in [-0.2, -0.15) is 0 Å². The molecule has 1 saturated heterocycles. The van der Waals surface area contributed by atoms with Gasteiger partial charge in [-0.1, -0.05) is 0 Å². The minimum absolute atomic E-state index is 0.175. The monoisotopic (exact) mass is 205 g/mol. The van der Waals surface area contributed by atoms with Crippen LogP contribution in [0.5, 0.6) is 0 Å². The Bertz CT molecular complexity index is 227. The fraction of sp³-hybridized carbons (Fsp3) is 1.00. The van der Waals surface area contributed by atoms with Crippen molar-refractivity contribution < 1.29 is 18.7 Å². The van der Waals surface area contributed by atoms with E-state index in [1.54, 1.807) is 6.92 Å². The van der Waals surface area contributed by atoms with Crippen molar-refractivity contribution in [2.24, 2.45) is 0 Å². The molecule has 4 atom stereocenters. The van der Waals surface area contributed by atoms with Crippen molar-refractivity contribution in [1.29, 1.82) is 0 Å². The van der Waals surface area contributed by atoms with Gasteiger partial charge in [-0.05, 0) is 13.3 Å². The summed E-state index contributed by atoms with van der Waals surface area (Å²) in [5.41, 5.74) is 0. The van der Waals surface area contributed by atoms with Gasteiger partial charge < -0.3 is 14.2 Å². The number of rotatable bonds is 3. The first kappa shape index (κ1) is 11.2. The number of nitrogens with one attached hydrogen (secondary N) is 1. The van der Waals surface area contributed by atoms with E-state index < -0.39 is 7.75 Å². The molecule has 2 radical (unpaired) electrons. The van der Waals surface area contributed by atoms with E-state index in [-0.39, 0.29) is 18.1 Å². The first-order valence-corrected chi connectivity index (χ1v) is 5.60. The van der Waals surface area contributed by atoms with Crippen LogP contribution >= 0.6 is 7.75 Å². The van der Waals surface area contributed by atoms with Crippen LogP contribution in [0.1, 0.15) is 13.3 Å². The highest BCUT2D eigenvalue weighted by Gasteiger charge is 2.34. The van der Waals surface area contributed by atoms with Crippen molar-refractivity contribution >= 4 is 15.6 Å². The van der Waals surface area contributed by atoms with Crippen LogP contribution in [0.2, 0.25) is 0 Å². The van der Waals surface area contributed by atoms with Gasteiger partial charge in [0.05, 0.1) is 6.10 Å². The Hall–Kier alpha value is 0.135. The molecule has 5 nitrogen and oxygen atoms in total. The molecule has 0 aromatic carbocycles. The maximum Gasteiger partial charge on any atom is 0.403 e. The van der Waals surface area contributed by atoms with Crippen LogP contribution in [0.4, 0.5) is 0 Å². The van der Waals surface area contributed by atoms with E-state index in [0.717, 1.165) is 0 Å². The molecule has 0 amide bonds. The first-order chi connectivity index (χ1) is 5.94. The summed E-state index contributed by atoms with van der Waals surface area (Å²) in [7, 11) is 3.00. The maximum absolute atomic E-state index is 11.1. The summed E-state index contributed by atoms with van der Waals surface area (Å²) in [6.07, 6.45) is 0.334. The first-order valence-electron chi connectivity index (χ1n) is 4.02. The van der Waals surface area contributed by atoms with E-state index in [4.69, 9.17) is 17.5 Å². The van der Waals surface area contributed by atoms with Gasteiger partial charge in [0.2, 0.25) is 0 Å². The van der Waals surface area contributed by atoms with Crippen molar-refractivity contribution in [2.75, 3.05) is 7.11 Å². The van der Waals surface area contributed by atoms with Gasteiger partial charge in [-0.3, -0.25) is 0 Å². The van der Waals surface area contributed by atoms with E-state index in [1.165, 1.54) is 7.11 Å². The molecular formula is C6H13BNO4P. The van der Waals surface area contributed by atoms with Crippen LogP contribution in [-0.2, 0) is 13.8 Å². The molecule has 0 aromatic rings. The second-order valence-corrected chi connectivity index (χ2v) is 4.72. The highest BCUT2D eigenvalue weighted by Crippen LogP contribution is 2.38. The topological polar surface area (TPSA) is 67.8 Å². The molecule has 74 valence electrons. The van der Waals surface area contributed by atoms with E-state index in [2.05, 4.69) is 9.61 Å². The van der Waals surface area contributed by atoms with Crippen LogP contribution in [0, 0.1) is 0 Å². The van der Waals surface area contributed by atoms with Gasteiger partial charge in [0.25, 0.3) is 0 Å². The summed E-state index contributed by atoms with van der Waals surface area (Å²) in [5, 5.41) is 2.47. The third kappa shape index (κ3) is 3.07. The molecule has 0 bridgehead atoms. The third-order valence-electron chi connectivity index (χ3n) is 2.02. The average Bonchev–Trinajstić information content (AvgIpc) is 2.30. The number of ether oxygens (including phenoxy) is 1. The summed E-state index contributed by atoms with van der Waals surface area (Å²) in [5.74, 6) is 0. The molecule has 0 aromatic heterocycles. The second kappa shape index (κ2) is 4.11. The molecule has 0 saturated carbocycles. The third-order valence-corrected chi connectivity index (χ3v) is 3.17. The van der Waals surface area contributed by atoms with Gasteiger partial charge in [0.15, 0.2) is 0 Å². The SMILES string of the molecule is [B][C@H]1CC(NP(=O)(O)OC)[C@@H](C)O1. The summed E-state index contributed by atoms with van der Waals surface area (Å²) in [4.78, 5) is 9.11. The zero-order valence-corrected chi connectivity index (χ0v) is 8.53. The van der Waals surface area contributed by atoms with E-state index in [9.17, 15) is 4.57 Å². The van der Waals surface area contributed by atoms with Gasteiger partial charge in [-0.15, -0.1) is 0 Å². The molecule has 1 aliphatic heterocycles. The fourth-order valence-electron chi connectivity index (χ4n) is 1.29. The molecule has 13 heavy (non-hydrogen) atoms. The Morgan fingerprint density at radius 3 is 2.77 bits per heavy atom. The lowest BCUT2D eigenvalue weighted by Gasteiger charge is -2.18. The lowest BCUT2D eigenvalue weighted by Crippen LogP contribution is -2.32. The van der Waals surface area contributed by atoms with E-state index >= 15 is 0 Å². The summed E-state index contributed by atoms with van der Waals surface area (Å²) < 4.78 is 20.7. The van der Waals surface area contributed by atoms with E-state index in [1.807, 2.05) is 0 Å². The molecule has 2 unspecified atom stereocenters. The minimum Gasteiger partial charge on any atom is -0.383 e. The smallest absolute Gasteiger partial charge is 0.383 e. The van der Waals surface area contributed by atoms with Crippen LogP contribution < -0.4 is 5.09 Å². The normalized spacial score (nSPS) is 38.8. The average molecular weight is 205 g/mol. The Balaban J connectivity index is 2.50. The van der Waals surface area contributed by atoms with E-state index in [0.29, 0.717) is 6.42 Å². The standard InChI is InChI=1S/C6H13BNO4P/c1-4-5(3-6(7)12-4)8-13(9,10)11-2/h4-6H,3H2,1-2H3,(H2,8,9,10)/t4-,5?,6-/m1/s1. The summed E-state index contributed by atoms with van der Waals surface area (Å²) in [6.45, 7) is 1.79. The quantitative estimate of drug-likeness (QED) is 0.501. The lowest BCUT2D eigenvalue weighted by atomic mass is 9.95. The molecule has 2 N–H and O–H groups in total. The van der Waals surface area contributed by atoms with Crippen molar-refractivity contribution in [3.8, 4) is 0 Å². The van der Waals surface area contributed by atoms with Crippen molar-refractivity contribution in [2.45, 2.75) is 31.5 Å². The van der Waals surface area contributed by atoms with Crippen LogP contribution in [0.15, 0.2) is 0 Å². The molecule has 1 rings (SSSR count). The largest absolute Gasteiger partial charge is 0.403 e. The zero-order chi connectivity index (χ0) is 10.1. The molecule has 1 fully saturated rings.